The lowest BCUT2D eigenvalue weighted by atomic mass is 10.1. The van der Waals surface area contributed by atoms with Gasteiger partial charge in [0.05, 0.1) is 4.92 Å². The molecule has 0 aliphatic carbocycles. The second kappa shape index (κ2) is 6.37. The molecule has 0 N–H and O–H groups in total. The molecule has 6 heteroatoms. The van der Waals surface area contributed by atoms with Crippen LogP contribution in [-0.2, 0) is 6.42 Å². The fourth-order valence-corrected chi connectivity index (χ4v) is 2.26. The van der Waals surface area contributed by atoms with Crippen LogP contribution >= 0.6 is 15.9 Å². The molecular formula is C15H11BrN2O3. The number of hydrogen-bond donors (Lipinski definition) is 0. The first-order valence-electron chi connectivity index (χ1n) is 6.20. The molecule has 2 rings (SSSR count). The number of nitro groups is 1. The first-order valence-corrected chi connectivity index (χ1v) is 7.00. The van der Waals surface area contributed by atoms with E-state index in [0.29, 0.717) is 16.5 Å². The van der Waals surface area contributed by atoms with Crippen molar-refractivity contribution in [1.29, 1.82) is 5.26 Å². The molecular weight excluding hydrogens is 336 g/mol. The maximum absolute atomic E-state index is 11.2. The largest absolute Gasteiger partial charge is 0.449 e. The molecule has 0 atom stereocenters. The lowest BCUT2D eigenvalue weighted by Crippen LogP contribution is -1.96. The maximum atomic E-state index is 11.2. The van der Waals surface area contributed by atoms with E-state index < -0.39 is 4.92 Å². The molecule has 0 aliphatic rings. The summed E-state index contributed by atoms with van der Waals surface area (Å²) in [4.78, 5) is 10.7. The molecule has 0 fully saturated rings. The van der Waals surface area contributed by atoms with E-state index in [4.69, 9.17) is 10.00 Å². The second-order valence-electron chi connectivity index (χ2n) is 4.24. The van der Waals surface area contributed by atoms with Crippen molar-refractivity contribution >= 4 is 21.6 Å². The molecule has 2 aromatic rings. The van der Waals surface area contributed by atoms with Gasteiger partial charge < -0.3 is 4.74 Å². The quantitative estimate of drug-likeness (QED) is 0.599. The Morgan fingerprint density at radius 1 is 1.33 bits per heavy atom. The number of halogens is 1. The number of nitrogens with zero attached hydrogens (tertiary/aromatic N) is 2. The third-order valence-electron chi connectivity index (χ3n) is 2.94. The zero-order valence-electron chi connectivity index (χ0n) is 11.2. The van der Waals surface area contributed by atoms with Crippen molar-refractivity contribution in [2.75, 3.05) is 0 Å². The summed E-state index contributed by atoms with van der Waals surface area (Å²) in [7, 11) is 0. The molecule has 0 saturated heterocycles. The van der Waals surface area contributed by atoms with Gasteiger partial charge >= 0.3 is 5.69 Å². The van der Waals surface area contributed by atoms with E-state index in [2.05, 4.69) is 15.9 Å². The van der Waals surface area contributed by atoms with Gasteiger partial charge in [-0.2, -0.15) is 5.26 Å². The van der Waals surface area contributed by atoms with Gasteiger partial charge in [-0.1, -0.05) is 19.1 Å². The average molecular weight is 347 g/mol. The Labute approximate surface area is 130 Å². The van der Waals surface area contributed by atoms with Crippen LogP contribution in [0.15, 0.2) is 40.9 Å². The summed E-state index contributed by atoms with van der Waals surface area (Å²) >= 11 is 3.25. The van der Waals surface area contributed by atoms with Crippen LogP contribution in [0.3, 0.4) is 0 Å². The average Bonchev–Trinajstić information content (AvgIpc) is 2.47. The van der Waals surface area contributed by atoms with Crippen LogP contribution in [0.2, 0.25) is 0 Å². The van der Waals surface area contributed by atoms with Crippen LogP contribution in [0.25, 0.3) is 0 Å². The van der Waals surface area contributed by atoms with Crippen LogP contribution in [0.4, 0.5) is 5.69 Å². The van der Waals surface area contributed by atoms with Crippen molar-refractivity contribution in [3.63, 3.8) is 0 Å². The number of benzene rings is 2. The topological polar surface area (TPSA) is 76.2 Å². The molecule has 21 heavy (non-hydrogen) atoms. The molecule has 0 heterocycles. The number of nitriles is 1. The normalized spacial score (nSPS) is 9.95. The minimum Gasteiger partial charge on any atom is -0.449 e. The highest BCUT2D eigenvalue weighted by Gasteiger charge is 2.18. The Hall–Kier alpha value is -2.39. The smallest absolute Gasteiger partial charge is 0.311 e. The monoisotopic (exact) mass is 346 g/mol. The predicted molar refractivity (Wildman–Crippen MR) is 81.4 cm³/mol. The van der Waals surface area contributed by atoms with Gasteiger partial charge in [-0.25, -0.2) is 0 Å². The lowest BCUT2D eigenvalue weighted by molar-refractivity contribution is -0.385. The predicted octanol–water partition coefficient (Wildman–Crippen LogP) is 4.58. The van der Waals surface area contributed by atoms with Gasteiger partial charge in [0, 0.05) is 10.5 Å². The van der Waals surface area contributed by atoms with E-state index in [1.54, 1.807) is 30.3 Å². The molecule has 0 radical (unpaired) electrons. The standard InChI is InChI=1S/C15H11BrN2O3/c1-2-10-6-7-15(13(8-10)18(19)20)21-14-5-3-4-12(16)11(14)9-17/h3-8H,2H2,1H3. The Morgan fingerprint density at radius 3 is 2.71 bits per heavy atom. The highest BCUT2D eigenvalue weighted by Crippen LogP contribution is 2.35. The highest BCUT2D eigenvalue weighted by atomic mass is 79.9. The van der Waals surface area contributed by atoms with Crippen molar-refractivity contribution < 1.29 is 9.66 Å². The number of ether oxygens (including phenoxy) is 1. The van der Waals surface area contributed by atoms with Gasteiger partial charge in [0.2, 0.25) is 5.75 Å². The molecule has 0 spiro atoms. The van der Waals surface area contributed by atoms with Crippen molar-refractivity contribution in [2.45, 2.75) is 13.3 Å². The summed E-state index contributed by atoms with van der Waals surface area (Å²) in [5, 5.41) is 20.3. The lowest BCUT2D eigenvalue weighted by Gasteiger charge is -2.09. The van der Waals surface area contributed by atoms with Crippen molar-refractivity contribution in [2.24, 2.45) is 0 Å². The first-order chi connectivity index (χ1) is 10.1. The molecule has 5 nitrogen and oxygen atoms in total. The molecule has 0 aromatic heterocycles. The molecule has 106 valence electrons. The van der Waals surface area contributed by atoms with E-state index >= 15 is 0 Å². The second-order valence-corrected chi connectivity index (χ2v) is 5.09. The fraction of sp³-hybridized carbons (Fsp3) is 0.133. The molecule has 0 bridgehead atoms. The summed E-state index contributed by atoms with van der Waals surface area (Å²) < 4.78 is 6.16. The van der Waals surface area contributed by atoms with Crippen LogP contribution in [0.5, 0.6) is 11.5 Å². The van der Waals surface area contributed by atoms with Gasteiger partial charge in [0.15, 0.2) is 0 Å². The molecule has 0 unspecified atom stereocenters. The zero-order chi connectivity index (χ0) is 15.4. The Kier molecular flexibility index (Phi) is 4.55. The van der Waals surface area contributed by atoms with Crippen LogP contribution in [0.1, 0.15) is 18.1 Å². The van der Waals surface area contributed by atoms with Gasteiger partial charge in [0.1, 0.15) is 17.4 Å². The third kappa shape index (κ3) is 3.20. The molecule has 0 saturated carbocycles. The molecule has 0 aliphatic heterocycles. The van der Waals surface area contributed by atoms with Gasteiger partial charge in [-0.15, -0.1) is 0 Å². The number of rotatable bonds is 4. The van der Waals surface area contributed by atoms with E-state index in [0.717, 1.165) is 5.56 Å². The van der Waals surface area contributed by atoms with Crippen molar-refractivity contribution in [1.82, 2.24) is 0 Å². The number of hydrogen-bond acceptors (Lipinski definition) is 4. The Morgan fingerprint density at radius 2 is 2.10 bits per heavy atom. The SMILES string of the molecule is CCc1ccc(Oc2cccc(Br)c2C#N)c([N+](=O)[O-])c1. The van der Waals surface area contributed by atoms with Gasteiger partial charge in [-0.05, 0) is 46.1 Å². The zero-order valence-corrected chi connectivity index (χ0v) is 12.8. The minimum atomic E-state index is -0.488. The molecule has 2 aromatic carbocycles. The fourth-order valence-electron chi connectivity index (χ4n) is 1.83. The summed E-state index contributed by atoms with van der Waals surface area (Å²) in [5.74, 6) is 0.394. The number of nitro benzene ring substituents is 1. The minimum absolute atomic E-state index is 0.113. The summed E-state index contributed by atoms with van der Waals surface area (Å²) in [6.07, 6.45) is 0.696. The van der Waals surface area contributed by atoms with Crippen molar-refractivity contribution in [3.05, 3.63) is 62.1 Å². The highest BCUT2D eigenvalue weighted by molar-refractivity contribution is 9.10. The van der Waals surface area contributed by atoms with Crippen molar-refractivity contribution in [3.8, 4) is 17.6 Å². The van der Waals surface area contributed by atoms with Gasteiger partial charge in [-0.3, -0.25) is 10.1 Å². The Balaban J connectivity index is 2.48. The summed E-state index contributed by atoms with van der Waals surface area (Å²) in [6.45, 7) is 1.92. The van der Waals surface area contributed by atoms with E-state index in [-0.39, 0.29) is 17.2 Å². The summed E-state index contributed by atoms with van der Waals surface area (Å²) in [5.41, 5.74) is 1.04. The van der Waals surface area contributed by atoms with E-state index in [1.807, 2.05) is 13.0 Å². The third-order valence-corrected chi connectivity index (χ3v) is 3.60. The van der Waals surface area contributed by atoms with Crippen LogP contribution < -0.4 is 4.74 Å². The van der Waals surface area contributed by atoms with Gasteiger partial charge in [0.25, 0.3) is 0 Å². The van der Waals surface area contributed by atoms with E-state index in [9.17, 15) is 10.1 Å². The first kappa shape index (κ1) is 15.0. The van der Waals surface area contributed by atoms with E-state index in [1.165, 1.54) is 6.07 Å². The Bertz CT molecular complexity index is 738. The number of aryl methyl sites for hydroxylation is 1. The molecule has 0 amide bonds. The summed E-state index contributed by atoms with van der Waals surface area (Å²) in [6, 6.07) is 11.8. The van der Waals surface area contributed by atoms with Crippen LogP contribution in [0, 0.1) is 21.4 Å². The van der Waals surface area contributed by atoms with Crippen LogP contribution in [-0.4, -0.2) is 4.92 Å². The maximum Gasteiger partial charge on any atom is 0.311 e.